The summed E-state index contributed by atoms with van der Waals surface area (Å²) in [6, 6.07) is 9.96. The zero-order valence-corrected chi connectivity index (χ0v) is 13.6. The first-order valence-corrected chi connectivity index (χ1v) is 7.82. The van der Waals surface area contributed by atoms with Crippen molar-refractivity contribution in [3.8, 4) is 5.75 Å². The second-order valence-electron chi connectivity index (χ2n) is 5.17. The smallest absolute Gasteiger partial charge is 0.252 e. The molecule has 3 aromatic rings. The molecule has 1 amide bonds. The minimum atomic E-state index is -0.255. The monoisotopic (exact) mass is 348 g/mol. The quantitative estimate of drug-likeness (QED) is 0.662. The van der Waals surface area contributed by atoms with Crippen molar-refractivity contribution in [1.29, 1.82) is 0 Å². The van der Waals surface area contributed by atoms with E-state index in [0.717, 1.165) is 16.5 Å². The van der Waals surface area contributed by atoms with Crippen LogP contribution in [0.2, 0.25) is 10.0 Å². The topological polar surface area (TPSA) is 65.1 Å². The lowest BCUT2D eigenvalue weighted by Gasteiger charge is -2.07. The summed E-state index contributed by atoms with van der Waals surface area (Å²) in [5, 5.41) is 14.2. The Morgan fingerprint density at radius 2 is 2.00 bits per heavy atom. The van der Waals surface area contributed by atoms with Gasteiger partial charge in [-0.3, -0.25) is 4.79 Å². The van der Waals surface area contributed by atoms with Gasteiger partial charge in [0.25, 0.3) is 5.91 Å². The first-order chi connectivity index (χ1) is 11.0. The summed E-state index contributed by atoms with van der Waals surface area (Å²) < 4.78 is 0. The van der Waals surface area contributed by atoms with Gasteiger partial charge in [0.15, 0.2) is 0 Å². The molecule has 23 heavy (non-hydrogen) atoms. The number of hydrogen-bond donors (Lipinski definition) is 3. The number of aromatic hydroxyl groups is 1. The van der Waals surface area contributed by atoms with E-state index in [1.165, 1.54) is 0 Å². The lowest BCUT2D eigenvalue weighted by molar-refractivity contribution is 0.0954. The molecule has 118 valence electrons. The zero-order chi connectivity index (χ0) is 16.4. The number of amides is 1. The second kappa shape index (κ2) is 6.52. The third-order valence-electron chi connectivity index (χ3n) is 3.60. The maximum Gasteiger partial charge on any atom is 0.252 e. The molecule has 4 nitrogen and oxygen atoms in total. The van der Waals surface area contributed by atoms with Crippen molar-refractivity contribution in [1.82, 2.24) is 10.3 Å². The Labute approximate surface area is 143 Å². The number of H-pyrrole nitrogens is 1. The van der Waals surface area contributed by atoms with E-state index in [1.54, 1.807) is 30.3 Å². The van der Waals surface area contributed by atoms with Gasteiger partial charge >= 0.3 is 0 Å². The number of carbonyl (C=O) groups is 1. The highest BCUT2D eigenvalue weighted by atomic mass is 35.5. The van der Waals surface area contributed by atoms with Crippen LogP contribution in [0.1, 0.15) is 15.9 Å². The van der Waals surface area contributed by atoms with E-state index in [1.807, 2.05) is 12.3 Å². The van der Waals surface area contributed by atoms with E-state index in [4.69, 9.17) is 23.2 Å². The summed E-state index contributed by atoms with van der Waals surface area (Å²) >= 11 is 11.9. The Hall–Kier alpha value is -2.17. The van der Waals surface area contributed by atoms with Crippen molar-refractivity contribution in [3.05, 3.63) is 63.8 Å². The molecule has 0 saturated heterocycles. The fourth-order valence-electron chi connectivity index (χ4n) is 2.46. The van der Waals surface area contributed by atoms with E-state index < -0.39 is 0 Å². The molecule has 0 radical (unpaired) electrons. The molecule has 3 N–H and O–H groups in total. The molecular weight excluding hydrogens is 335 g/mol. The summed E-state index contributed by atoms with van der Waals surface area (Å²) in [4.78, 5) is 15.3. The summed E-state index contributed by atoms with van der Waals surface area (Å²) in [7, 11) is 0. The number of phenols is 1. The Morgan fingerprint density at radius 1 is 1.17 bits per heavy atom. The number of hydrogen-bond acceptors (Lipinski definition) is 2. The van der Waals surface area contributed by atoms with Gasteiger partial charge in [-0.15, -0.1) is 0 Å². The number of nitrogens with one attached hydrogen (secondary N) is 2. The number of aromatic amines is 1. The molecule has 3 rings (SSSR count). The highest BCUT2D eigenvalue weighted by molar-refractivity contribution is 6.35. The number of phenolic OH excluding ortho intramolecular Hbond substituents is 1. The van der Waals surface area contributed by atoms with Crippen molar-refractivity contribution >= 4 is 40.0 Å². The average Bonchev–Trinajstić information content (AvgIpc) is 2.91. The van der Waals surface area contributed by atoms with Gasteiger partial charge in [-0.05, 0) is 42.3 Å². The molecule has 6 heteroatoms. The Balaban J connectivity index is 1.66. The van der Waals surface area contributed by atoms with Crippen molar-refractivity contribution in [3.63, 3.8) is 0 Å². The Kier molecular flexibility index (Phi) is 4.46. The first kappa shape index (κ1) is 15.7. The molecule has 0 atom stereocenters. The number of halogens is 2. The van der Waals surface area contributed by atoms with Crippen LogP contribution in [-0.4, -0.2) is 22.5 Å². The first-order valence-electron chi connectivity index (χ1n) is 7.07. The fourth-order valence-corrected chi connectivity index (χ4v) is 2.83. The molecule has 0 unspecified atom stereocenters. The van der Waals surface area contributed by atoms with Crippen LogP contribution >= 0.6 is 23.2 Å². The molecule has 0 saturated carbocycles. The fraction of sp³-hybridized carbons (Fsp3) is 0.118. The van der Waals surface area contributed by atoms with Crippen LogP contribution in [0.25, 0.3) is 10.9 Å². The van der Waals surface area contributed by atoms with E-state index in [-0.39, 0.29) is 11.7 Å². The van der Waals surface area contributed by atoms with Gasteiger partial charge in [0.1, 0.15) is 5.75 Å². The van der Waals surface area contributed by atoms with Crippen LogP contribution in [0, 0.1) is 0 Å². The van der Waals surface area contributed by atoms with E-state index in [9.17, 15) is 9.90 Å². The Morgan fingerprint density at radius 3 is 2.83 bits per heavy atom. The molecule has 0 aliphatic heterocycles. The molecule has 0 spiro atoms. The van der Waals surface area contributed by atoms with Crippen LogP contribution in [0.4, 0.5) is 0 Å². The van der Waals surface area contributed by atoms with E-state index in [0.29, 0.717) is 28.6 Å². The lowest BCUT2D eigenvalue weighted by Crippen LogP contribution is -2.25. The highest BCUT2D eigenvalue weighted by Crippen LogP contribution is 2.23. The number of fused-ring (bicyclic) bond motifs is 1. The van der Waals surface area contributed by atoms with Crippen LogP contribution in [0.5, 0.6) is 5.75 Å². The molecule has 1 heterocycles. The van der Waals surface area contributed by atoms with Crippen LogP contribution < -0.4 is 5.32 Å². The minimum absolute atomic E-state index is 0.217. The third-order valence-corrected chi connectivity index (χ3v) is 4.17. The second-order valence-corrected chi connectivity index (χ2v) is 6.02. The number of aromatic nitrogens is 1. The van der Waals surface area contributed by atoms with Crippen molar-refractivity contribution < 1.29 is 9.90 Å². The Bertz CT molecular complexity index is 874. The lowest BCUT2D eigenvalue weighted by atomic mass is 10.1. The summed E-state index contributed by atoms with van der Waals surface area (Å²) in [5.74, 6) is -0.0372. The molecule has 0 fully saturated rings. The maximum absolute atomic E-state index is 12.2. The van der Waals surface area contributed by atoms with Crippen LogP contribution in [0.15, 0.2) is 42.6 Å². The summed E-state index contributed by atoms with van der Waals surface area (Å²) in [5.41, 5.74) is 2.30. The van der Waals surface area contributed by atoms with E-state index >= 15 is 0 Å². The van der Waals surface area contributed by atoms with Crippen molar-refractivity contribution in [2.45, 2.75) is 6.42 Å². The molecular formula is C17H14Cl2N2O2. The minimum Gasteiger partial charge on any atom is -0.508 e. The summed E-state index contributed by atoms with van der Waals surface area (Å²) in [6.07, 6.45) is 2.54. The zero-order valence-electron chi connectivity index (χ0n) is 12.1. The predicted octanol–water partition coefficient (Wildman–Crippen LogP) is 4.15. The van der Waals surface area contributed by atoms with Gasteiger partial charge < -0.3 is 15.4 Å². The van der Waals surface area contributed by atoms with Gasteiger partial charge in [0.05, 0.1) is 10.6 Å². The van der Waals surface area contributed by atoms with Gasteiger partial charge in [-0.25, -0.2) is 0 Å². The molecule has 2 aromatic carbocycles. The van der Waals surface area contributed by atoms with Gasteiger partial charge in [0.2, 0.25) is 0 Å². The SMILES string of the molecule is O=C(NCCc1c[nH]c2cc(O)ccc12)c1cc(Cl)ccc1Cl. The normalized spacial score (nSPS) is 10.9. The van der Waals surface area contributed by atoms with Crippen molar-refractivity contribution in [2.75, 3.05) is 6.54 Å². The maximum atomic E-state index is 12.2. The van der Waals surface area contributed by atoms with Gasteiger partial charge in [-0.2, -0.15) is 0 Å². The average molecular weight is 349 g/mol. The van der Waals surface area contributed by atoms with Crippen LogP contribution in [-0.2, 0) is 6.42 Å². The highest BCUT2D eigenvalue weighted by Gasteiger charge is 2.11. The van der Waals surface area contributed by atoms with Crippen molar-refractivity contribution in [2.24, 2.45) is 0 Å². The summed E-state index contributed by atoms with van der Waals surface area (Å²) in [6.45, 7) is 0.468. The standard InChI is InChI=1S/C17H14Cl2N2O2/c18-11-1-4-15(19)14(7-11)17(23)20-6-5-10-9-21-16-8-12(22)2-3-13(10)16/h1-4,7-9,21-22H,5-6H2,(H,20,23). The van der Waals surface area contributed by atoms with Crippen LogP contribution in [0.3, 0.4) is 0 Å². The van der Waals surface area contributed by atoms with Gasteiger partial charge in [-0.1, -0.05) is 23.2 Å². The van der Waals surface area contributed by atoms with Gasteiger partial charge in [0, 0.05) is 34.7 Å². The molecule has 1 aromatic heterocycles. The number of benzene rings is 2. The third kappa shape index (κ3) is 3.44. The predicted molar refractivity (Wildman–Crippen MR) is 92.5 cm³/mol. The largest absolute Gasteiger partial charge is 0.508 e. The molecule has 0 aliphatic carbocycles. The molecule has 0 aliphatic rings. The number of carbonyl (C=O) groups excluding carboxylic acids is 1. The molecule has 0 bridgehead atoms. The van der Waals surface area contributed by atoms with E-state index in [2.05, 4.69) is 10.3 Å². The number of rotatable bonds is 4.